The van der Waals surface area contributed by atoms with Gasteiger partial charge in [-0.05, 0) is 19.9 Å². The summed E-state index contributed by atoms with van der Waals surface area (Å²) < 4.78 is 0. The number of nitro groups is 1. The first kappa shape index (κ1) is 15.6. The maximum atomic E-state index is 11.9. The van der Waals surface area contributed by atoms with Gasteiger partial charge in [0.15, 0.2) is 0 Å². The third kappa shape index (κ3) is 3.44. The highest BCUT2D eigenvalue weighted by atomic mass is 32.1. The summed E-state index contributed by atoms with van der Waals surface area (Å²) in [5, 5.41) is 11.4. The Morgan fingerprint density at radius 2 is 1.91 bits per heavy atom. The highest BCUT2D eigenvalue weighted by Crippen LogP contribution is 2.16. The van der Waals surface area contributed by atoms with E-state index in [1.54, 1.807) is 13.8 Å². The van der Waals surface area contributed by atoms with E-state index in [0.717, 1.165) is 11.1 Å². The molecule has 2 aromatic rings. The van der Waals surface area contributed by atoms with E-state index in [1.165, 1.54) is 29.5 Å². The average molecular weight is 320 g/mol. The molecule has 0 unspecified atom stereocenters. The predicted octanol–water partition coefficient (Wildman–Crippen LogP) is 1.74. The molecule has 0 bridgehead atoms. The number of hydrogen-bond acceptors (Lipinski definition) is 6. The minimum Gasteiger partial charge on any atom is -0.267 e. The number of thiazole rings is 1. The first-order valence-electron chi connectivity index (χ1n) is 6.17. The highest BCUT2D eigenvalue weighted by molar-refractivity contribution is 7.13. The van der Waals surface area contributed by atoms with Crippen LogP contribution in [0.1, 0.15) is 30.7 Å². The molecule has 0 aliphatic rings. The van der Waals surface area contributed by atoms with Gasteiger partial charge in [0.25, 0.3) is 17.5 Å². The van der Waals surface area contributed by atoms with Crippen molar-refractivity contribution in [3.63, 3.8) is 0 Å². The predicted molar refractivity (Wildman–Crippen MR) is 79.6 cm³/mol. The van der Waals surface area contributed by atoms with E-state index in [0.29, 0.717) is 10.6 Å². The van der Waals surface area contributed by atoms with Gasteiger partial charge >= 0.3 is 0 Å². The number of nitrogens with one attached hydrogen (secondary N) is 2. The molecule has 0 saturated heterocycles. The summed E-state index contributed by atoms with van der Waals surface area (Å²) in [5.74, 6) is -1.13. The second kappa shape index (κ2) is 6.31. The van der Waals surface area contributed by atoms with E-state index in [1.807, 2.05) is 0 Å². The Hall–Kier alpha value is -2.81. The van der Waals surface area contributed by atoms with Gasteiger partial charge in [-0.15, -0.1) is 11.3 Å². The molecule has 1 aromatic carbocycles. The molecule has 0 fully saturated rings. The van der Waals surface area contributed by atoms with Crippen LogP contribution >= 0.6 is 11.3 Å². The van der Waals surface area contributed by atoms with Gasteiger partial charge in [-0.1, -0.05) is 6.07 Å². The minimum absolute atomic E-state index is 0.0757. The maximum absolute atomic E-state index is 11.9. The smallest absolute Gasteiger partial charge is 0.267 e. The molecule has 1 aromatic heterocycles. The second-order valence-corrected chi connectivity index (χ2v) is 5.57. The van der Waals surface area contributed by atoms with E-state index < -0.39 is 16.7 Å². The monoisotopic (exact) mass is 320 g/mol. The Morgan fingerprint density at radius 3 is 2.50 bits per heavy atom. The van der Waals surface area contributed by atoms with Crippen molar-refractivity contribution in [1.82, 2.24) is 15.8 Å². The fourth-order valence-electron chi connectivity index (χ4n) is 1.75. The number of rotatable bonds is 3. The zero-order chi connectivity index (χ0) is 16.3. The lowest BCUT2D eigenvalue weighted by atomic mass is 10.2. The molecule has 0 radical (unpaired) electrons. The molecule has 2 rings (SSSR count). The third-order valence-corrected chi connectivity index (χ3v) is 3.79. The van der Waals surface area contributed by atoms with Crippen molar-refractivity contribution >= 4 is 28.8 Å². The number of hydrogen-bond donors (Lipinski definition) is 2. The van der Waals surface area contributed by atoms with Gasteiger partial charge in [-0.2, -0.15) is 0 Å². The molecule has 114 valence electrons. The molecule has 8 nitrogen and oxygen atoms in total. The topological polar surface area (TPSA) is 114 Å². The lowest BCUT2D eigenvalue weighted by molar-refractivity contribution is -0.384. The molecule has 1 heterocycles. The molecule has 0 spiro atoms. The van der Waals surface area contributed by atoms with Crippen LogP contribution in [-0.2, 0) is 0 Å². The van der Waals surface area contributed by atoms with Gasteiger partial charge in [0.1, 0.15) is 4.88 Å². The summed E-state index contributed by atoms with van der Waals surface area (Å²) in [4.78, 5) is 38.4. The molecule has 9 heteroatoms. The summed E-state index contributed by atoms with van der Waals surface area (Å²) in [6.07, 6.45) is 0. The number of nitro benzene ring substituents is 1. The van der Waals surface area contributed by atoms with E-state index in [9.17, 15) is 19.7 Å². The van der Waals surface area contributed by atoms with Crippen LogP contribution in [0, 0.1) is 24.0 Å². The number of benzene rings is 1. The quantitative estimate of drug-likeness (QED) is 0.660. The first-order valence-corrected chi connectivity index (χ1v) is 6.99. The van der Waals surface area contributed by atoms with E-state index in [2.05, 4.69) is 15.8 Å². The molecule has 2 N–H and O–H groups in total. The van der Waals surface area contributed by atoms with Gasteiger partial charge in [-0.3, -0.25) is 30.6 Å². The SMILES string of the molecule is Cc1nc(C)c(C(=O)NNC(=O)c2cccc([N+](=O)[O-])c2)s1. The molecule has 0 aliphatic carbocycles. The summed E-state index contributed by atoms with van der Waals surface area (Å²) >= 11 is 1.21. The van der Waals surface area contributed by atoms with Gasteiger partial charge in [0.2, 0.25) is 0 Å². The van der Waals surface area contributed by atoms with Crippen LogP contribution in [0.5, 0.6) is 0 Å². The van der Waals surface area contributed by atoms with Gasteiger partial charge in [0, 0.05) is 17.7 Å². The summed E-state index contributed by atoms with van der Waals surface area (Å²) in [7, 11) is 0. The third-order valence-electron chi connectivity index (χ3n) is 2.72. The standard InChI is InChI=1S/C13H12N4O4S/c1-7-11(22-8(2)14-7)13(19)16-15-12(18)9-4-3-5-10(6-9)17(20)21/h3-6H,1-2H3,(H,15,18)(H,16,19). The molecule has 0 atom stereocenters. The van der Waals surface area contributed by atoms with E-state index in [4.69, 9.17) is 0 Å². The zero-order valence-corrected chi connectivity index (χ0v) is 12.6. The lowest BCUT2D eigenvalue weighted by Gasteiger charge is -2.06. The van der Waals surface area contributed by atoms with Crippen molar-refractivity contribution < 1.29 is 14.5 Å². The van der Waals surface area contributed by atoms with E-state index in [-0.39, 0.29) is 11.3 Å². The van der Waals surface area contributed by atoms with Gasteiger partial charge < -0.3 is 0 Å². The minimum atomic E-state index is -0.643. The maximum Gasteiger partial charge on any atom is 0.281 e. The zero-order valence-electron chi connectivity index (χ0n) is 11.7. The van der Waals surface area contributed by atoms with Crippen molar-refractivity contribution in [2.24, 2.45) is 0 Å². The van der Waals surface area contributed by atoms with Crippen LogP contribution in [0.15, 0.2) is 24.3 Å². The van der Waals surface area contributed by atoms with Crippen molar-refractivity contribution in [3.05, 3.63) is 55.5 Å². The van der Waals surface area contributed by atoms with Crippen molar-refractivity contribution in [1.29, 1.82) is 0 Å². The van der Waals surface area contributed by atoms with Crippen LogP contribution in [0.25, 0.3) is 0 Å². The summed E-state index contributed by atoms with van der Waals surface area (Å²) in [6, 6.07) is 5.21. The van der Waals surface area contributed by atoms with Crippen molar-refractivity contribution in [2.75, 3.05) is 0 Å². The molecule has 22 heavy (non-hydrogen) atoms. The molecular formula is C13H12N4O4S. The average Bonchev–Trinajstić information content (AvgIpc) is 2.83. The molecule has 2 amide bonds. The van der Waals surface area contributed by atoms with Gasteiger partial charge in [-0.25, -0.2) is 4.98 Å². The Balaban J connectivity index is 2.04. The van der Waals surface area contributed by atoms with Crippen LogP contribution in [0.4, 0.5) is 5.69 Å². The van der Waals surface area contributed by atoms with Crippen LogP contribution in [0.2, 0.25) is 0 Å². The Bertz CT molecular complexity index is 756. The Kier molecular flexibility index (Phi) is 4.47. The lowest BCUT2D eigenvalue weighted by Crippen LogP contribution is -2.41. The number of aromatic nitrogens is 1. The highest BCUT2D eigenvalue weighted by Gasteiger charge is 2.16. The fourth-order valence-corrected chi connectivity index (χ4v) is 2.56. The van der Waals surface area contributed by atoms with Gasteiger partial charge in [0.05, 0.1) is 15.6 Å². The van der Waals surface area contributed by atoms with Crippen LogP contribution in [-0.4, -0.2) is 21.7 Å². The molecule has 0 aliphatic heterocycles. The summed E-state index contributed by atoms with van der Waals surface area (Å²) in [5.41, 5.74) is 4.93. The first-order chi connectivity index (χ1) is 10.4. The number of nitrogens with zero attached hydrogens (tertiary/aromatic N) is 2. The number of hydrazine groups is 1. The normalized spacial score (nSPS) is 10.1. The molecule has 0 saturated carbocycles. The largest absolute Gasteiger partial charge is 0.281 e. The number of carbonyl (C=O) groups is 2. The number of non-ortho nitro benzene ring substituents is 1. The number of aryl methyl sites for hydroxylation is 2. The van der Waals surface area contributed by atoms with Crippen LogP contribution in [0.3, 0.4) is 0 Å². The number of amides is 2. The summed E-state index contributed by atoms with van der Waals surface area (Å²) in [6.45, 7) is 3.47. The fraction of sp³-hybridized carbons (Fsp3) is 0.154. The van der Waals surface area contributed by atoms with Crippen molar-refractivity contribution in [2.45, 2.75) is 13.8 Å². The van der Waals surface area contributed by atoms with Crippen LogP contribution < -0.4 is 10.9 Å². The molecular weight excluding hydrogens is 308 g/mol. The Labute approximate surface area is 129 Å². The second-order valence-electron chi connectivity index (χ2n) is 4.36. The van der Waals surface area contributed by atoms with E-state index >= 15 is 0 Å². The van der Waals surface area contributed by atoms with Crippen molar-refractivity contribution in [3.8, 4) is 0 Å². The Morgan fingerprint density at radius 1 is 1.23 bits per heavy atom. The number of carbonyl (C=O) groups excluding carboxylic acids is 2.